The van der Waals surface area contributed by atoms with Crippen molar-refractivity contribution in [2.75, 3.05) is 0 Å². The van der Waals surface area contributed by atoms with E-state index in [0.717, 1.165) is 0 Å². The summed E-state index contributed by atoms with van der Waals surface area (Å²) in [5, 5.41) is 0. The Labute approximate surface area is 86.5 Å². The standard InChI is InChI=1S/C12H10/c1-3-7-11(8-4-1)12-9-5-2-6-10-12/h1-10H/i1D,2D,3D,4D,5D,6D,7D,8D,9D,10D. The van der Waals surface area contributed by atoms with Crippen molar-refractivity contribution in [1.29, 1.82) is 0 Å². The second-order valence-electron chi connectivity index (χ2n) is 2.00. The Balaban J connectivity index is 3.03. The fourth-order valence-electron chi connectivity index (χ4n) is 0.750. The Hall–Kier alpha value is -1.56. The molecular formula is C12H10. The van der Waals surface area contributed by atoms with Gasteiger partial charge in [0, 0.05) is 0 Å². The van der Waals surface area contributed by atoms with Gasteiger partial charge >= 0.3 is 0 Å². The number of hydrogen-bond acceptors (Lipinski definition) is 0. The van der Waals surface area contributed by atoms with Crippen LogP contribution in [0.4, 0.5) is 0 Å². The monoisotopic (exact) mass is 164 g/mol. The molecule has 0 saturated carbocycles. The molecule has 58 valence electrons. The van der Waals surface area contributed by atoms with Crippen molar-refractivity contribution < 1.29 is 13.7 Å². The molecule has 0 aliphatic heterocycles. The predicted molar refractivity (Wildman–Crippen MR) is 51.9 cm³/mol. The van der Waals surface area contributed by atoms with Crippen molar-refractivity contribution in [1.82, 2.24) is 0 Å². The molecule has 0 saturated heterocycles. The summed E-state index contributed by atoms with van der Waals surface area (Å²) in [5.41, 5.74) is -0.800. The lowest BCUT2D eigenvalue weighted by Crippen LogP contribution is -1.73. The van der Waals surface area contributed by atoms with Crippen LogP contribution in [-0.2, 0) is 0 Å². The number of benzene rings is 2. The molecule has 0 atom stereocenters. The minimum Gasteiger partial charge on any atom is -0.0622 e. The molecule has 0 spiro atoms. The third kappa shape index (κ3) is 1.37. The van der Waals surface area contributed by atoms with Crippen molar-refractivity contribution in [2.45, 2.75) is 0 Å². The molecular weight excluding hydrogens is 144 g/mol. The highest BCUT2D eigenvalue weighted by Gasteiger charge is 1.91. The van der Waals surface area contributed by atoms with Crippen LogP contribution in [0, 0.1) is 0 Å². The van der Waals surface area contributed by atoms with E-state index in [2.05, 4.69) is 0 Å². The van der Waals surface area contributed by atoms with Crippen molar-refractivity contribution in [3.63, 3.8) is 0 Å². The molecule has 0 bridgehead atoms. The topological polar surface area (TPSA) is 0 Å². The van der Waals surface area contributed by atoms with E-state index in [1.165, 1.54) is 0 Å². The summed E-state index contributed by atoms with van der Waals surface area (Å²) < 4.78 is 76.9. The van der Waals surface area contributed by atoms with Crippen LogP contribution in [0.3, 0.4) is 0 Å². The van der Waals surface area contributed by atoms with Gasteiger partial charge in [-0.05, 0) is 11.1 Å². The summed E-state index contributed by atoms with van der Waals surface area (Å²) in [4.78, 5) is 0. The zero-order chi connectivity index (χ0) is 16.9. The van der Waals surface area contributed by atoms with E-state index < -0.39 is 71.6 Å². The van der Waals surface area contributed by atoms with Gasteiger partial charge in [-0.1, -0.05) is 60.4 Å². The zero-order valence-electron chi connectivity index (χ0n) is 16.0. The first-order valence-electron chi connectivity index (χ1n) is 8.25. The Morgan fingerprint density at radius 1 is 0.583 bits per heavy atom. The van der Waals surface area contributed by atoms with Crippen LogP contribution in [0.1, 0.15) is 13.7 Å². The average molecular weight is 164 g/mol. The number of hydrogen-bond donors (Lipinski definition) is 0. The van der Waals surface area contributed by atoms with Crippen LogP contribution in [0.2, 0.25) is 0 Å². The molecule has 0 unspecified atom stereocenters. The van der Waals surface area contributed by atoms with Crippen LogP contribution in [0.5, 0.6) is 0 Å². The molecule has 0 aliphatic carbocycles. The van der Waals surface area contributed by atoms with Crippen molar-refractivity contribution in [3.8, 4) is 11.1 Å². The molecule has 0 heteroatoms. The SMILES string of the molecule is [2H]c1c([2H])c([2H])c(-c2c([2H])c([2H])c([2H])c([2H])c2[2H])c([2H])c1[2H]. The summed E-state index contributed by atoms with van der Waals surface area (Å²) in [6, 6.07) is -6.13. The first-order valence-corrected chi connectivity index (χ1v) is 3.25. The molecule has 0 radical (unpaired) electrons. The molecule has 2 aromatic carbocycles. The highest BCUT2D eigenvalue weighted by Crippen LogP contribution is 2.17. The first-order chi connectivity index (χ1) is 10.1. The second-order valence-corrected chi connectivity index (χ2v) is 2.00. The minimum absolute atomic E-state index is 0.400. The average Bonchev–Trinajstić information content (AvgIpc) is 2.50. The quantitative estimate of drug-likeness (QED) is 0.606. The molecule has 2 rings (SSSR count). The minimum atomic E-state index is -0.622. The van der Waals surface area contributed by atoms with Gasteiger partial charge in [0.15, 0.2) is 0 Å². The Bertz CT molecular complexity index is 670. The summed E-state index contributed by atoms with van der Waals surface area (Å²) in [7, 11) is 0. The maximum absolute atomic E-state index is 7.85. The fraction of sp³-hybridized carbons (Fsp3) is 0. The van der Waals surface area contributed by atoms with Gasteiger partial charge in [0.25, 0.3) is 0 Å². The van der Waals surface area contributed by atoms with Gasteiger partial charge in [0.05, 0.1) is 13.7 Å². The molecule has 0 aliphatic rings. The van der Waals surface area contributed by atoms with Crippen molar-refractivity contribution in [3.05, 3.63) is 60.4 Å². The van der Waals surface area contributed by atoms with Crippen LogP contribution < -0.4 is 0 Å². The van der Waals surface area contributed by atoms with Gasteiger partial charge in [0.2, 0.25) is 0 Å². The maximum Gasteiger partial charge on any atom is 0.0629 e. The second kappa shape index (κ2) is 3.22. The predicted octanol–water partition coefficient (Wildman–Crippen LogP) is 3.35. The summed E-state index contributed by atoms with van der Waals surface area (Å²) in [6.45, 7) is 0. The maximum atomic E-state index is 7.85. The molecule has 2 aromatic rings. The molecule has 0 nitrogen and oxygen atoms in total. The Kier molecular flexibility index (Phi) is 0.544. The largest absolute Gasteiger partial charge is 0.0629 e. The summed E-state index contributed by atoms with van der Waals surface area (Å²) in [6.07, 6.45) is 0. The van der Waals surface area contributed by atoms with Crippen LogP contribution in [0.25, 0.3) is 11.1 Å². The van der Waals surface area contributed by atoms with E-state index in [-0.39, 0.29) is 0 Å². The van der Waals surface area contributed by atoms with E-state index in [9.17, 15) is 0 Å². The molecule has 0 amide bonds. The molecule has 0 N–H and O–H groups in total. The fourth-order valence-corrected chi connectivity index (χ4v) is 0.750. The summed E-state index contributed by atoms with van der Waals surface area (Å²) in [5.74, 6) is 0. The number of rotatable bonds is 1. The molecule has 0 aromatic heterocycles. The van der Waals surface area contributed by atoms with Gasteiger partial charge in [0.1, 0.15) is 0 Å². The van der Waals surface area contributed by atoms with E-state index >= 15 is 0 Å². The molecule has 0 fully saturated rings. The van der Waals surface area contributed by atoms with E-state index in [1.807, 2.05) is 0 Å². The zero-order valence-corrected chi connectivity index (χ0v) is 6.00. The third-order valence-electron chi connectivity index (χ3n) is 1.25. The van der Waals surface area contributed by atoms with Gasteiger partial charge in [-0.3, -0.25) is 0 Å². The smallest absolute Gasteiger partial charge is 0.0622 e. The summed E-state index contributed by atoms with van der Waals surface area (Å²) >= 11 is 0. The lowest BCUT2D eigenvalue weighted by molar-refractivity contribution is 1.62. The lowest BCUT2D eigenvalue weighted by atomic mass is 10.1. The van der Waals surface area contributed by atoms with Crippen molar-refractivity contribution >= 4 is 0 Å². The van der Waals surface area contributed by atoms with E-state index in [0.29, 0.717) is 0 Å². The van der Waals surface area contributed by atoms with E-state index in [1.54, 1.807) is 0 Å². The van der Waals surface area contributed by atoms with Crippen molar-refractivity contribution in [2.24, 2.45) is 0 Å². The first kappa shape index (κ1) is 2.02. The highest BCUT2D eigenvalue weighted by atomic mass is 14.0. The molecule has 0 heterocycles. The van der Waals surface area contributed by atoms with Gasteiger partial charge < -0.3 is 0 Å². The van der Waals surface area contributed by atoms with Crippen LogP contribution >= 0.6 is 0 Å². The van der Waals surface area contributed by atoms with Gasteiger partial charge in [-0.25, -0.2) is 0 Å². The van der Waals surface area contributed by atoms with E-state index in [4.69, 9.17) is 13.7 Å². The van der Waals surface area contributed by atoms with Gasteiger partial charge in [-0.15, -0.1) is 0 Å². The normalized spacial score (nSPS) is 21.3. The van der Waals surface area contributed by atoms with Gasteiger partial charge in [-0.2, -0.15) is 0 Å². The van der Waals surface area contributed by atoms with Crippen LogP contribution in [-0.4, -0.2) is 0 Å². The molecule has 12 heavy (non-hydrogen) atoms. The van der Waals surface area contributed by atoms with Crippen LogP contribution in [0.15, 0.2) is 60.4 Å². The lowest BCUT2D eigenvalue weighted by Gasteiger charge is -1.98. The third-order valence-corrected chi connectivity index (χ3v) is 1.25. The Morgan fingerprint density at radius 3 is 1.25 bits per heavy atom. The Morgan fingerprint density at radius 2 is 0.917 bits per heavy atom. The highest BCUT2D eigenvalue weighted by molar-refractivity contribution is 5.62.